The van der Waals surface area contributed by atoms with Crippen molar-refractivity contribution >= 4 is 11.6 Å². The number of nitrogens with zero attached hydrogens (tertiary/aromatic N) is 3. The van der Waals surface area contributed by atoms with Crippen molar-refractivity contribution in [1.82, 2.24) is 9.97 Å². The van der Waals surface area contributed by atoms with E-state index < -0.39 is 0 Å². The maximum absolute atomic E-state index is 11.5. The molecule has 2 heterocycles. The SMILES string of the molecule is CC(=O)C1CCCN(c2cc(C)nc(C)n2)C1. The molecule has 0 aromatic carbocycles. The van der Waals surface area contributed by atoms with E-state index in [-0.39, 0.29) is 11.7 Å². The summed E-state index contributed by atoms with van der Waals surface area (Å²) in [6, 6.07) is 2.00. The summed E-state index contributed by atoms with van der Waals surface area (Å²) in [4.78, 5) is 22.4. The van der Waals surface area contributed by atoms with Gasteiger partial charge in [-0.25, -0.2) is 9.97 Å². The second kappa shape index (κ2) is 4.82. The van der Waals surface area contributed by atoms with Crippen LogP contribution in [0.15, 0.2) is 6.07 Å². The Balaban J connectivity index is 2.18. The molecule has 17 heavy (non-hydrogen) atoms. The van der Waals surface area contributed by atoms with Gasteiger partial charge < -0.3 is 4.90 Å². The fraction of sp³-hybridized carbons (Fsp3) is 0.615. The molecular weight excluding hydrogens is 214 g/mol. The minimum Gasteiger partial charge on any atom is -0.356 e. The number of Topliss-reactive ketones (excluding diaryl/α,β-unsaturated/α-hetero) is 1. The molecule has 1 atom stereocenters. The summed E-state index contributed by atoms with van der Waals surface area (Å²) < 4.78 is 0. The van der Waals surface area contributed by atoms with Crippen LogP contribution in [0.5, 0.6) is 0 Å². The van der Waals surface area contributed by atoms with Crippen molar-refractivity contribution in [2.75, 3.05) is 18.0 Å². The molecule has 0 bridgehead atoms. The average Bonchev–Trinajstić information content (AvgIpc) is 2.28. The van der Waals surface area contributed by atoms with Gasteiger partial charge in [-0.05, 0) is 33.6 Å². The molecule has 0 spiro atoms. The number of hydrogen-bond acceptors (Lipinski definition) is 4. The molecule has 1 aliphatic heterocycles. The molecule has 1 aromatic rings. The van der Waals surface area contributed by atoms with Crippen molar-refractivity contribution < 1.29 is 4.79 Å². The molecule has 1 aliphatic rings. The van der Waals surface area contributed by atoms with E-state index in [1.807, 2.05) is 19.9 Å². The van der Waals surface area contributed by atoms with Crippen LogP contribution in [0.4, 0.5) is 5.82 Å². The number of aryl methyl sites for hydroxylation is 2. The van der Waals surface area contributed by atoms with Gasteiger partial charge in [0.05, 0.1) is 0 Å². The monoisotopic (exact) mass is 233 g/mol. The van der Waals surface area contributed by atoms with Crippen molar-refractivity contribution in [1.29, 1.82) is 0 Å². The molecule has 0 saturated carbocycles. The van der Waals surface area contributed by atoms with Gasteiger partial charge in [0, 0.05) is 30.8 Å². The maximum atomic E-state index is 11.5. The first-order valence-corrected chi connectivity index (χ1v) is 6.14. The number of carbonyl (C=O) groups is 1. The van der Waals surface area contributed by atoms with Crippen molar-refractivity contribution in [3.05, 3.63) is 17.6 Å². The largest absolute Gasteiger partial charge is 0.356 e. The van der Waals surface area contributed by atoms with Gasteiger partial charge in [0.25, 0.3) is 0 Å². The Morgan fingerprint density at radius 1 is 1.41 bits per heavy atom. The van der Waals surface area contributed by atoms with Gasteiger partial charge in [-0.3, -0.25) is 4.79 Å². The quantitative estimate of drug-likeness (QED) is 0.782. The number of carbonyl (C=O) groups excluding carboxylic acids is 1. The lowest BCUT2D eigenvalue weighted by Crippen LogP contribution is -2.38. The highest BCUT2D eigenvalue weighted by Crippen LogP contribution is 2.22. The molecule has 4 nitrogen and oxygen atoms in total. The van der Waals surface area contributed by atoms with Gasteiger partial charge in [-0.1, -0.05) is 0 Å². The molecule has 1 fully saturated rings. The van der Waals surface area contributed by atoms with Crippen molar-refractivity contribution in [2.24, 2.45) is 5.92 Å². The highest BCUT2D eigenvalue weighted by molar-refractivity contribution is 5.79. The van der Waals surface area contributed by atoms with Gasteiger partial charge >= 0.3 is 0 Å². The number of hydrogen-bond donors (Lipinski definition) is 0. The Morgan fingerprint density at radius 3 is 2.82 bits per heavy atom. The Kier molecular flexibility index (Phi) is 3.41. The van der Waals surface area contributed by atoms with Crippen molar-refractivity contribution in [2.45, 2.75) is 33.6 Å². The zero-order chi connectivity index (χ0) is 12.4. The highest BCUT2D eigenvalue weighted by atomic mass is 16.1. The van der Waals surface area contributed by atoms with Crippen LogP contribution < -0.4 is 4.90 Å². The summed E-state index contributed by atoms with van der Waals surface area (Å²) in [6.45, 7) is 7.35. The van der Waals surface area contributed by atoms with Crippen LogP contribution in [0.3, 0.4) is 0 Å². The minimum absolute atomic E-state index is 0.166. The predicted octanol–water partition coefficient (Wildman–Crippen LogP) is 1.90. The third-order valence-corrected chi connectivity index (χ3v) is 3.27. The molecule has 0 radical (unpaired) electrons. The summed E-state index contributed by atoms with van der Waals surface area (Å²) in [6.07, 6.45) is 2.07. The Bertz CT molecular complexity index is 410. The summed E-state index contributed by atoms with van der Waals surface area (Å²) in [5.74, 6) is 2.21. The second-order valence-electron chi connectivity index (χ2n) is 4.81. The fourth-order valence-electron chi connectivity index (χ4n) is 2.38. The number of ketones is 1. The van der Waals surface area contributed by atoms with Crippen LogP contribution in [-0.2, 0) is 4.79 Å². The molecule has 1 unspecified atom stereocenters. The Morgan fingerprint density at radius 2 is 2.18 bits per heavy atom. The Labute approximate surface area is 102 Å². The summed E-state index contributed by atoms with van der Waals surface area (Å²) in [5.41, 5.74) is 0.984. The van der Waals surface area contributed by atoms with Gasteiger partial charge in [-0.2, -0.15) is 0 Å². The van der Waals surface area contributed by atoms with Crippen LogP contribution in [0.2, 0.25) is 0 Å². The lowest BCUT2D eigenvalue weighted by atomic mass is 9.94. The molecule has 0 aliphatic carbocycles. The number of rotatable bonds is 2. The fourth-order valence-corrected chi connectivity index (χ4v) is 2.38. The van der Waals surface area contributed by atoms with E-state index in [2.05, 4.69) is 14.9 Å². The van der Waals surface area contributed by atoms with Gasteiger partial charge in [0.15, 0.2) is 0 Å². The predicted molar refractivity (Wildman–Crippen MR) is 67.1 cm³/mol. The lowest BCUT2D eigenvalue weighted by molar-refractivity contribution is -0.120. The highest BCUT2D eigenvalue weighted by Gasteiger charge is 2.24. The first kappa shape index (κ1) is 12.0. The third-order valence-electron chi connectivity index (χ3n) is 3.27. The first-order chi connectivity index (χ1) is 8.06. The van der Waals surface area contributed by atoms with Crippen LogP contribution in [0, 0.1) is 19.8 Å². The first-order valence-electron chi connectivity index (χ1n) is 6.14. The topological polar surface area (TPSA) is 46.1 Å². The van der Waals surface area contributed by atoms with Crippen molar-refractivity contribution in [3.63, 3.8) is 0 Å². The van der Waals surface area contributed by atoms with E-state index in [1.165, 1.54) is 0 Å². The van der Waals surface area contributed by atoms with Gasteiger partial charge in [0.1, 0.15) is 17.4 Å². The molecule has 0 N–H and O–H groups in total. The summed E-state index contributed by atoms with van der Waals surface area (Å²) in [5, 5.41) is 0. The van der Waals surface area contributed by atoms with E-state index >= 15 is 0 Å². The summed E-state index contributed by atoms with van der Waals surface area (Å²) >= 11 is 0. The number of piperidine rings is 1. The number of aromatic nitrogens is 2. The van der Waals surface area contributed by atoms with Crippen LogP contribution in [0.1, 0.15) is 31.3 Å². The maximum Gasteiger partial charge on any atom is 0.134 e. The Hall–Kier alpha value is -1.45. The second-order valence-corrected chi connectivity index (χ2v) is 4.81. The van der Waals surface area contributed by atoms with Gasteiger partial charge in [-0.15, -0.1) is 0 Å². The average molecular weight is 233 g/mol. The minimum atomic E-state index is 0.166. The zero-order valence-electron chi connectivity index (χ0n) is 10.7. The van der Waals surface area contributed by atoms with E-state index in [0.29, 0.717) is 0 Å². The van der Waals surface area contributed by atoms with E-state index in [1.54, 1.807) is 6.92 Å². The molecule has 4 heteroatoms. The standard InChI is InChI=1S/C13H19N3O/c1-9-7-13(15-11(3)14-9)16-6-4-5-12(8-16)10(2)17/h7,12H,4-6,8H2,1-3H3. The lowest BCUT2D eigenvalue weighted by Gasteiger charge is -2.32. The van der Waals surface area contributed by atoms with E-state index in [4.69, 9.17) is 0 Å². The zero-order valence-corrected chi connectivity index (χ0v) is 10.7. The normalized spacial score (nSPS) is 20.4. The molecule has 0 amide bonds. The molecular formula is C13H19N3O. The van der Waals surface area contributed by atoms with Gasteiger partial charge in [0.2, 0.25) is 0 Å². The van der Waals surface area contributed by atoms with Crippen LogP contribution in [-0.4, -0.2) is 28.8 Å². The van der Waals surface area contributed by atoms with E-state index in [0.717, 1.165) is 43.3 Å². The molecule has 92 valence electrons. The smallest absolute Gasteiger partial charge is 0.134 e. The molecule has 1 aromatic heterocycles. The van der Waals surface area contributed by atoms with Crippen LogP contribution >= 0.6 is 0 Å². The third kappa shape index (κ3) is 2.81. The van der Waals surface area contributed by atoms with Crippen molar-refractivity contribution in [3.8, 4) is 0 Å². The van der Waals surface area contributed by atoms with Crippen LogP contribution in [0.25, 0.3) is 0 Å². The van der Waals surface area contributed by atoms with E-state index in [9.17, 15) is 4.79 Å². The number of anilines is 1. The summed E-state index contributed by atoms with van der Waals surface area (Å²) in [7, 11) is 0. The molecule has 1 saturated heterocycles. The molecule has 2 rings (SSSR count).